The molecule has 1 heterocycles. The van der Waals surface area contributed by atoms with E-state index in [0.29, 0.717) is 11.5 Å². The zero-order valence-corrected chi connectivity index (χ0v) is 21.9. The number of piperidine rings is 1. The first kappa shape index (κ1) is 27.8. The van der Waals surface area contributed by atoms with Crippen molar-refractivity contribution in [2.24, 2.45) is 5.92 Å². The number of ether oxygens (including phenoxy) is 2. The minimum Gasteiger partial charge on any atom is -0.497 e. The Morgan fingerprint density at radius 1 is 1.18 bits per heavy atom. The number of methoxy groups -OCH3 is 1. The van der Waals surface area contributed by atoms with Gasteiger partial charge in [0, 0.05) is 37.7 Å². The third-order valence-electron chi connectivity index (χ3n) is 8.02. The first-order valence-corrected chi connectivity index (χ1v) is 12.9. The maximum absolute atomic E-state index is 13.2. The summed E-state index contributed by atoms with van der Waals surface area (Å²) in [5.41, 5.74) is 1.64. The van der Waals surface area contributed by atoms with Crippen LogP contribution in [0.5, 0.6) is 11.5 Å². The van der Waals surface area contributed by atoms with Crippen LogP contribution in [0.2, 0.25) is 0 Å². The fourth-order valence-electron chi connectivity index (χ4n) is 6.08. The van der Waals surface area contributed by atoms with Crippen molar-refractivity contribution in [3.8, 4) is 11.5 Å². The molecule has 1 amide bonds. The number of benzene rings is 2. The quantitative estimate of drug-likeness (QED) is 0.308. The lowest BCUT2D eigenvalue weighted by Gasteiger charge is -2.54. The Labute approximate surface area is 222 Å². The molecule has 1 aliphatic carbocycles. The van der Waals surface area contributed by atoms with Gasteiger partial charge in [-0.1, -0.05) is 30.3 Å². The summed E-state index contributed by atoms with van der Waals surface area (Å²) in [5.74, 6) is 0.785. The number of likely N-dealkylation sites (N-methyl/N-ethyl adjacent to an activating group) is 1. The molecule has 2 aromatic rings. The van der Waals surface area contributed by atoms with Crippen LogP contribution >= 0.6 is 0 Å². The maximum atomic E-state index is 13.2. The van der Waals surface area contributed by atoms with Crippen LogP contribution in [-0.4, -0.2) is 61.9 Å². The Bertz CT molecular complexity index is 1170. The number of hydrogen-bond donors (Lipinski definition) is 0. The predicted octanol–water partition coefficient (Wildman–Crippen LogP) is 6.06. The monoisotopic (exact) mass is 528 g/mol. The Balaban J connectivity index is 1.52. The number of nitrogens with zero attached hydrogens (tertiary/aromatic N) is 2. The summed E-state index contributed by atoms with van der Waals surface area (Å²) in [6.07, 6.45) is 3.85. The minimum atomic E-state index is -4.77. The second-order valence-corrected chi connectivity index (χ2v) is 10.2. The van der Waals surface area contributed by atoms with E-state index in [2.05, 4.69) is 28.3 Å². The molecule has 1 aliphatic heterocycles. The van der Waals surface area contributed by atoms with Gasteiger partial charge < -0.3 is 14.4 Å². The van der Waals surface area contributed by atoms with E-state index in [-0.39, 0.29) is 23.1 Å². The van der Waals surface area contributed by atoms with Gasteiger partial charge in [0.15, 0.2) is 0 Å². The molecule has 3 atom stereocenters. The number of carbonyl (C=O) groups excluding carboxylic acids is 1. The van der Waals surface area contributed by atoms with Crippen molar-refractivity contribution in [2.45, 2.75) is 43.5 Å². The van der Waals surface area contributed by atoms with Crippen molar-refractivity contribution in [1.82, 2.24) is 9.80 Å². The van der Waals surface area contributed by atoms with Gasteiger partial charge in [0.05, 0.1) is 7.11 Å². The molecule has 2 aliphatic rings. The SMILES string of the molecule is C=CCN1CCC2(c3cccc(OC)c3)CC(N(C)C(=O)/C=C/c3cccc(OC(F)(F)F)c3)CCC2C1. The van der Waals surface area contributed by atoms with Crippen molar-refractivity contribution >= 4 is 12.0 Å². The van der Waals surface area contributed by atoms with Crippen molar-refractivity contribution in [3.05, 3.63) is 78.4 Å². The molecule has 0 N–H and O–H groups in total. The smallest absolute Gasteiger partial charge is 0.497 e. The van der Waals surface area contributed by atoms with Crippen LogP contribution in [0.15, 0.2) is 67.3 Å². The van der Waals surface area contributed by atoms with E-state index in [1.807, 2.05) is 25.3 Å². The van der Waals surface area contributed by atoms with Gasteiger partial charge in [-0.25, -0.2) is 0 Å². The largest absolute Gasteiger partial charge is 0.573 e. The Morgan fingerprint density at radius 3 is 2.68 bits per heavy atom. The molecule has 2 fully saturated rings. The Kier molecular flexibility index (Phi) is 8.51. The van der Waals surface area contributed by atoms with Gasteiger partial charge in [0.1, 0.15) is 11.5 Å². The molecular formula is C30H35F3N2O3. The zero-order valence-electron chi connectivity index (χ0n) is 21.9. The van der Waals surface area contributed by atoms with Gasteiger partial charge in [-0.15, -0.1) is 19.8 Å². The average molecular weight is 529 g/mol. The number of rotatable bonds is 8. The molecule has 1 saturated heterocycles. The van der Waals surface area contributed by atoms with Gasteiger partial charge in [-0.05, 0) is 79.6 Å². The van der Waals surface area contributed by atoms with E-state index in [4.69, 9.17) is 4.74 Å². The second kappa shape index (κ2) is 11.6. The average Bonchev–Trinajstić information content (AvgIpc) is 2.90. The molecule has 8 heteroatoms. The van der Waals surface area contributed by atoms with Crippen molar-refractivity contribution in [1.29, 1.82) is 0 Å². The van der Waals surface area contributed by atoms with Crippen LogP contribution in [-0.2, 0) is 10.2 Å². The molecule has 0 radical (unpaired) electrons. The highest BCUT2D eigenvalue weighted by Crippen LogP contribution is 2.50. The molecule has 0 spiro atoms. The van der Waals surface area contributed by atoms with Gasteiger partial charge in [-0.3, -0.25) is 9.69 Å². The molecule has 3 unspecified atom stereocenters. The fraction of sp³-hybridized carbons (Fsp3) is 0.433. The standard InChI is InChI=1S/C30H35F3N2O3/c1-4-16-35-17-15-29(23-8-6-9-26(19-23)37-3)20-25(13-12-24(29)21-35)34(2)28(36)14-11-22-7-5-10-27(18-22)38-30(31,32)33/h4-11,14,18-19,24-25H,1,12-13,15-17,20-21H2,2-3H3/b14-11+. The normalized spacial score (nSPS) is 24.0. The molecule has 0 aromatic heterocycles. The minimum absolute atomic E-state index is 0.0421. The van der Waals surface area contributed by atoms with Crippen LogP contribution in [0.1, 0.15) is 36.8 Å². The number of halogens is 3. The summed E-state index contributed by atoms with van der Waals surface area (Å²) in [4.78, 5) is 17.4. The van der Waals surface area contributed by atoms with E-state index in [0.717, 1.165) is 51.1 Å². The highest BCUT2D eigenvalue weighted by molar-refractivity contribution is 5.91. The summed E-state index contributed by atoms with van der Waals surface area (Å²) in [6, 6.07) is 13.9. The summed E-state index contributed by atoms with van der Waals surface area (Å²) >= 11 is 0. The second-order valence-electron chi connectivity index (χ2n) is 10.2. The van der Waals surface area contributed by atoms with Crippen LogP contribution in [0.3, 0.4) is 0 Å². The lowest BCUT2D eigenvalue weighted by atomic mass is 9.57. The maximum Gasteiger partial charge on any atom is 0.573 e. The van der Waals surface area contributed by atoms with Crippen LogP contribution in [0.4, 0.5) is 13.2 Å². The molecule has 1 saturated carbocycles. The molecular weight excluding hydrogens is 493 g/mol. The van der Waals surface area contributed by atoms with Gasteiger partial charge in [0.25, 0.3) is 0 Å². The summed E-state index contributed by atoms with van der Waals surface area (Å²) in [6.45, 7) is 6.72. The highest BCUT2D eigenvalue weighted by Gasteiger charge is 2.49. The van der Waals surface area contributed by atoms with Crippen molar-refractivity contribution in [2.75, 3.05) is 33.8 Å². The summed E-state index contributed by atoms with van der Waals surface area (Å²) in [5, 5.41) is 0. The van der Waals surface area contributed by atoms with E-state index >= 15 is 0 Å². The molecule has 4 rings (SSSR count). The molecule has 204 valence electrons. The molecule has 38 heavy (non-hydrogen) atoms. The molecule has 5 nitrogen and oxygen atoms in total. The number of amides is 1. The molecule has 2 aromatic carbocycles. The lowest BCUT2D eigenvalue weighted by Crippen LogP contribution is -2.56. The van der Waals surface area contributed by atoms with E-state index in [9.17, 15) is 18.0 Å². The van der Waals surface area contributed by atoms with Crippen molar-refractivity contribution in [3.63, 3.8) is 0 Å². The zero-order chi connectivity index (χ0) is 27.3. The van der Waals surface area contributed by atoms with Crippen molar-refractivity contribution < 1.29 is 27.4 Å². The van der Waals surface area contributed by atoms with E-state index in [1.165, 1.54) is 35.9 Å². The first-order chi connectivity index (χ1) is 18.1. The van der Waals surface area contributed by atoms with Gasteiger partial charge >= 0.3 is 6.36 Å². The molecule has 0 bridgehead atoms. The van der Waals surface area contributed by atoms with Crippen LogP contribution < -0.4 is 9.47 Å². The number of hydrogen-bond acceptors (Lipinski definition) is 4. The first-order valence-electron chi connectivity index (χ1n) is 12.9. The number of likely N-dealkylation sites (tertiary alicyclic amines) is 1. The summed E-state index contributed by atoms with van der Waals surface area (Å²) < 4.78 is 47.2. The predicted molar refractivity (Wildman–Crippen MR) is 142 cm³/mol. The number of carbonyl (C=O) groups is 1. The highest BCUT2D eigenvalue weighted by atomic mass is 19.4. The topological polar surface area (TPSA) is 42.0 Å². The van der Waals surface area contributed by atoms with E-state index < -0.39 is 6.36 Å². The summed E-state index contributed by atoms with van der Waals surface area (Å²) in [7, 11) is 3.49. The lowest BCUT2D eigenvalue weighted by molar-refractivity contribution is -0.274. The fourth-order valence-corrected chi connectivity index (χ4v) is 6.08. The van der Waals surface area contributed by atoms with Gasteiger partial charge in [-0.2, -0.15) is 0 Å². The third-order valence-corrected chi connectivity index (χ3v) is 8.02. The Morgan fingerprint density at radius 2 is 1.95 bits per heavy atom. The third kappa shape index (κ3) is 6.41. The van der Waals surface area contributed by atoms with Crippen LogP contribution in [0, 0.1) is 5.92 Å². The number of alkyl halides is 3. The van der Waals surface area contributed by atoms with E-state index in [1.54, 1.807) is 18.1 Å². The number of fused-ring (bicyclic) bond motifs is 1. The van der Waals surface area contributed by atoms with Crippen LogP contribution in [0.25, 0.3) is 6.08 Å². The Hall–Kier alpha value is -3.26. The van der Waals surface area contributed by atoms with Gasteiger partial charge in [0.2, 0.25) is 5.91 Å².